The number of fused-ring (bicyclic) bond motifs is 1. The molecule has 0 aliphatic heterocycles. The van der Waals surface area contributed by atoms with Crippen molar-refractivity contribution in [2.45, 2.75) is 38.8 Å². The Morgan fingerprint density at radius 2 is 1.88 bits per heavy atom. The second kappa shape index (κ2) is 8.34. The number of benzene rings is 2. The first-order chi connectivity index (χ1) is 16.4. The largest absolute Gasteiger partial charge is 0.347 e. The van der Waals surface area contributed by atoms with Gasteiger partial charge in [0.1, 0.15) is 23.5 Å². The smallest absolute Gasteiger partial charge is 0.270 e. The second-order valence-electron chi connectivity index (χ2n) is 9.03. The summed E-state index contributed by atoms with van der Waals surface area (Å²) in [4.78, 5) is 33.7. The van der Waals surface area contributed by atoms with E-state index in [1.165, 1.54) is 18.5 Å². The van der Waals surface area contributed by atoms with Crippen LogP contribution >= 0.6 is 0 Å². The fraction of sp³-hybridized carbons (Fsp3) is 0.269. The number of carbonyl (C=O) groups is 2. The number of nitrogens with zero attached hydrogens (tertiary/aromatic N) is 3. The van der Waals surface area contributed by atoms with Gasteiger partial charge in [0.05, 0.1) is 17.7 Å². The van der Waals surface area contributed by atoms with Gasteiger partial charge in [0.2, 0.25) is 0 Å². The van der Waals surface area contributed by atoms with E-state index in [-0.39, 0.29) is 41.1 Å². The van der Waals surface area contributed by atoms with Crippen LogP contribution in [0.1, 0.15) is 67.7 Å². The highest BCUT2D eigenvalue weighted by Gasteiger charge is 2.55. The van der Waals surface area contributed by atoms with Gasteiger partial charge in [-0.05, 0) is 72.1 Å². The van der Waals surface area contributed by atoms with Gasteiger partial charge in [0.25, 0.3) is 11.8 Å². The minimum absolute atomic E-state index is 0.00734. The third-order valence-electron chi connectivity index (χ3n) is 6.71. The molecule has 0 radical (unpaired) electrons. The molecule has 0 bridgehead atoms. The molecule has 1 aromatic heterocycles. The van der Waals surface area contributed by atoms with E-state index in [0.29, 0.717) is 11.1 Å². The van der Waals surface area contributed by atoms with Gasteiger partial charge in [-0.1, -0.05) is 18.2 Å². The van der Waals surface area contributed by atoms with E-state index in [9.17, 15) is 19.2 Å². The Hall–Kier alpha value is -4.12. The molecule has 1 atom stereocenters. The van der Waals surface area contributed by atoms with Crippen molar-refractivity contribution in [3.8, 4) is 6.07 Å². The van der Waals surface area contributed by atoms with Crippen LogP contribution in [0.3, 0.4) is 0 Å². The van der Waals surface area contributed by atoms with E-state index < -0.39 is 5.91 Å². The molecule has 1 fully saturated rings. The molecule has 2 N–H and O–H groups in total. The van der Waals surface area contributed by atoms with Gasteiger partial charge in [-0.15, -0.1) is 0 Å². The number of nitriles is 1. The van der Waals surface area contributed by atoms with Crippen LogP contribution in [0.4, 0.5) is 4.39 Å². The van der Waals surface area contributed by atoms with Crippen molar-refractivity contribution in [3.63, 3.8) is 0 Å². The van der Waals surface area contributed by atoms with Gasteiger partial charge < -0.3 is 10.6 Å². The lowest BCUT2D eigenvalue weighted by molar-refractivity contribution is 0.0915. The summed E-state index contributed by atoms with van der Waals surface area (Å²) < 4.78 is 13.4. The Morgan fingerprint density at radius 1 is 1.12 bits per heavy atom. The van der Waals surface area contributed by atoms with Crippen LogP contribution < -0.4 is 10.6 Å². The van der Waals surface area contributed by atoms with Crippen molar-refractivity contribution in [2.75, 3.05) is 0 Å². The molecule has 8 heteroatoms. The third kappa shape index (κ3) is 4.01. The summed E-state index contributed by atoms with van der Waals surface area (Å²) in [6.07, 6.45) is 4.05. The minimum atomic E-state index is -0.452. The predicted molar refractivity (Wildman–Crippen MR) is 121 cm³/mol. The highest BCUT2D eigenvalue weighted by Crippen LogP contribution is 2.62. The normalized spacial score (nSPS) is 17.0. The topological polar surface area (TPSA) is 108 Å². The quantitative estimate of drug-likeness (QED) is 0.612. The summed E-state index contributed by atoms with van der Waals surface area (Å²) in [7, 11) is 0. The minimum Gasteiger partial charge on any atom is -0.347 e. The van der Waals surface area contributed by atoms with Crippen molar-refractivity contribution in [3.05, 3.63) is 93.8 Å². The molecule has 5 rings (SSSR count). The maximum Gasteiger partial charge on any atom is 0.270 e. The third-order valence-corrected chi connectivity index (χ3v) is 6.71. The average molecular weight is 455 g/mol. The second-order valence-corrected chi connectivity index (χ2v) is 9.03. The van der Waals surface area contributed by atoms with E-state index in [4.69, 9.17) is 0 Å². The van der Waals surface area contributed by atoms with Crippen LogP contribution in [0.25, 0.3) is 0 Å². The van der Waals surface area contributed by atoms with E-state index in [2.05, 4.69) is 26.7 Å². The molecule has 0 saturated heterocycles. The van der Waals surface area contributed by atoms with Crippen LogP contribution in [-0.4, -0.2) is 21.8 Å². The van der Waals surface area contributed by atoms with Crippen LogP contribution in [0.5, 0.6) is 0 Å². The van der Waals surface area contributed by atoms with Crippen LogP contribution in [-0.2, 0) is 13.0 Å². The zero-order valence-electron chi connectivity index (χ0n) is 18.6. The van der Waals surface area contributed by atoms with Gasteiger partial charge in [-0.25, -0.2) is 14.4 Å². The number of nitrogens with one attached hydrogen (secondary N) is 2. The summed E-state index contributed by atoms with van der Waals surface area (Å²) in [5.74, 6) is -1.13. The molecule has 2 amide bonds. The van der Waals surface area contributed by atoms with Crippen LogP contribution in [0.15, 0.2) is 48.8 Å². The fourth-order valence-electron chi connectivity index (χ4n) is 4.68. The zero-order valence-corrected chi connectivity index (χ0v) is 18.6. The molecular formula is C26H22FN5O2. The Kier molecular flexibility index (Phi) is 5.33. The van der Waals surface area contributed by atoms with Gasteiger partial charge >= 0.3 is 0 Å². The number of hydrogen-bond acceptors (Lipinski definition) is 5. The van der Waals surface area contributed by atoms with Crippen molar-refractivity contribution < 1.29 is 14.0 Å². The molecule has 2 aliphatic carbocycles. The number of halogens is 1. The van der Waals surface area contributed by atoms with E-state index in [1.807, 2.05) is 12.1 Å². The fourth-order valence-corrected chi connectivity index (χ4v) is 4.68. The Labute approximate surface area is 196 Å². The first-order valence-electron chi connectivity index (χ1n) is 11.1. The Morgan fingerprint density at radius 3 is 2.59 bits per heavy atom. The molecule has 3 aromatic rings. The van der Waals surface area contributed by atoms with Gasteiger partial charge in [0, 0.05) is 12.6 Å². The van der Waals surface area contributed by atoms with E-state index >= 15 is 0 Å². The maximum absolute atomic E-state index is 13.4. The lowest BCUT2D eigenvalue weighted by Crippen LogP contribution is -2.33. The molecule has 2 aliphatic rings. The van der Waals surface area contributed by atoms with Gasteiger partial charge in [0.15, 0.2) is 0 Å². The summed E-state index contributed by atoms with van der Waals surface area (Å²) in [5.41, 5.74) is 4.18. The Balaban J connectivity index is 1.29. The van der Waals surface area contributed by atoms with Crippen molar-refractivity contribution in [2.24, 2.45) is 5.41 Å². The predicted octanol–water partition coefficient (Wildman–Crippen LogP) is 3.53. The number of carbonyl (C=O) groups excluding carboxylic acids is 2. The Bertz CT molecular complexity index is 1360. The molecule has 170 valence electrons. The van der Waals surface area contributed by atoms with Gasteiger partial charge in [-0.2, -0.15) is 5.26 Å². The number of aryl methyl sites for hydroxylation is 1. The van der Waals surface area contributed by atoms with Crippen LogP contribution in [0.2, 0.25) is 0 Å². The summed E-state index contributed by atoms with van der Waals surface area (Å²) in [5, 5.41) is 15.0. The number of hydrogen-bond donors (Lipinski definition) is 2. The summed E-state index contributed by atoms with van der Waals surface area (Å²) in [6.45, 7) is 1.87. The molecule has 1 heterocycles. The molecular weight excluding hydrogens is 433 g/mol. The van der Waals surface area contributed by atoms with Crippen molar-refractivity contribution in [1.29, 1.82) is 5.26 Å². The average Bonchev–Trinajstić information content (AvgIpc) is 3.56. The molecule has 1 saturated carbocycles. The number of amides is 2. The van der Waals surface area contributed by atoms with Gasteiger partial charge in [-0.3, -0.25) is 9.59 Å². The lowest BCUT2D eigenvalue weighted by atomic mass is 9.97. The molecule has 2 aromatic carbocycles. The highest BCUT2D eigenvalue weighted by molar-refractivity contribution is 5.97. The molecule has 1 spiro atoms. The summed E-state index contributed by atoms with van der Waals surface area (Å²) >= 11 is 0. The molecule has 0 unspecified atom stereocenters. The lowest BCUT2D eigenvalue weighted by Gasteiger charge is -2.21. The standard InChI is InChI=1S/C26H22FN5O2/c1-15-8-17(3-5-20(15)27)13-29-24(33)21-10-22(31-14-30-21)25(34)32-23-19-4-2-16(12-28)9-18(19)11-26(23)6-7-26/h2-5,8-10,14,23H,6-7,11,13H2,1H3,(H,29,33)(H,32,34)/t23-/m0/s1. The van der Waals surface area contributed by atoms with Crippen molar-refractivity contribution >= 4 is 11.8 Å². The van der Waals surface area contributed by atoms with E-state index in [0.717, 1.165) is 36.0 Å². The first-order valence-corrected chi connectivity index (χ1v) is 11.1. The zero-order chi connectivity index (χ0) is 23.9. The maximum atomic E-state index is 13.4. The van der Waals surface area contributed by atoms with Crippen LogP contribution in [0, 0.1) is 29.5 Å². The molecule has 7 nitrogen and oxygen atoms in total. The summed E-state index contributed by atoms with van der Waals surface area (Å²) in [6, 6.07) is 13.6. The first kappa shape index (κ1) is 21.7. The molecule has 34 heavy (non-hydrogen) atoms. The number of rotatable bonds is 5. The van der Waals surface area contributed by atoms with E-state index in [1.54, 1.807) is 25.1 Å². The van der Waals surface area contributed by atoms with Crippen molar-refractivity contribution in [1.82, 2.24) is 20.6 Å². The number of aromatic nitrogens is 2. The monoisotopic (exact) mass is 455 g/mol. The highest BCUT2D eigenvalue weighted by atomic mass is 19.1. The SMILES string of the molecule is Cc1cc(CNC(=O)c2cc(C(=O)N[C@H]3c4ccc(C#N)cc4CC34CC4)ncn2)ccc1F.